The fourth-order valence-corrected chi connectivity index (χ4v) is 3.54. The zero-order chi connectivity index (χ0) is 18.8. The van der Waals surface area contributed by atoms with Gasteiger partial charge in [-0.05, 0) is 89.8 Å². The lowest BCUT2D eigenvalue weighted by Crippen LogP contribution is -2.58. The number of halogens is 2. The maximum atomic E-state index is 12.8. The number of rotatable bonds is 3. The molecule has 1 aliphatic rings. The Morgan fingerprint density at radius 3 is 2.58 bits per heavy atom. The molecule has 1 aliphatic heterocycles. The van der Waals surface area contributed by atoms with Crippen molar-refractivity contribution in [1.29, 1.82) is 0 Å². The maximum Gasteiger partial charge on any atom is 0.251 e. The van der Waals surface area contributed by atoms with Crippen molar-refractivity contribution in [2.45, 2.75) is 6.92 Å². The lowest BCUT2D eigenvalue weighted by Gasteiger charge is -2.30. The molecule has 8 heteroatoms. The van der Waals surface area contributed by atoms with Crippen LogP contribution in [0.1, 0.15) is 5.56 Å². The number of carbonyl (C=O) groups excluding carboxylic acids is 2. The van der Waals surface area contributed by atoms with Crippen molar-refractivity contribution in [2.24, 2.45) is 10.9 Å². The highest BCUT2D eigenvalue weighted by Crippen LogP contribution is 2.24. The van der Waals surface area contributed by atoms with E-state index in [1.165, 1.54) is 11.1 Å². The molecule has 0 bridgehead atoms. The molecular weight excluding hydrogens is 485 g/mol. The number of benzene rings is 2. The van der Waals surface area contributed by atoms with Gasteiger partial charge >= 0.3 is 0 Å². The van der Waals surface area contributed by atoms with Crippen molar-refractivity contribution in [3.8, 4) is 0 Å². The lowest BCUT2D eigenvalue weighted by molar-refractivity contribution is -0.130. The third kappa shape index (κ3) is 3.94. The molecule has 0 saturated carbocycles. The zero-order valence-electron chi connectivity index (χ0n) is 13.6. The topological polar surface area (TPSA) is 61.8 Å². The van der Waals surface area contributed by atoms with Gasteiger partial charge in [0.2, 0.25) is 5.91 Å². The summed E-state index contributed by atoms with van der Waals surface area (Å²) in [4.78, 5) is 30.7. The fraction of sp³-hybridized carbons (Fsp3) is 0.111. The summed E-state index contributed by atoms with van der Waals surface area (Å²) >= 11 is 13.3. The number of hydrogen-bond donors (Lipinski definition) is 1. The predicted molar refractivity (Wildman–Crippen MR) is 115 cm³/mol. The molecule has 1 saturated heterocycles. The Morgan fingerprint density at radius 2 is 1.92 bits per heavy atom. The Balaban J connectivity index is 1.90. The summed E-state index contributed by atoms with van der Waals surface area (Å²) in [6.45, 7) is 1.92. The van der Waals surface area contributed by atoms with Gasteiger partial charge in [-0.25, -0.2) is 0 Å². The van der Waals surface area contributed by atoms with Crippen LogP contribution in [-0.4, -0.2) is 23.1 Å². The summed E-state index contributed by atoms with van der Waals surface area (Å²) in [7, 11) is 0. The van der Waals surface area contributed by atoms with E-state index in [0.717, 1.165) is 9.13 Å². The van der Waals surface area contributed by atoms with Gasteiger partial charge in [0.1, 0.15) is 0 Å². The number of nitrogens with one attached hydrogen (secondary N) is 1. The molecule has 1 atom stereocenters. The van der Waals surface area contributed by atoms with Crippen molar-refractivity contribution in [1.82, 2.24) is 5.32 Å². The molecule has 3 rings (SSSR count). The second-order valence-electron chi connectivity index (χ2n) is 5.63. The quantitative estimate of drug-likeness (QED) is 0.302. The smallest absolute Gasteiger partial charge is 0.251 e. The fourth-order valence-electron chi connectivity index (χ4n) is 2.48. The third-order valence-corrected chi connectivity index (χ3v) is 5.02. The number of aliphatic imine (C=N–C) groups is 1. The van der Waals surface area contributed by atoms with E-state index >= 15 is 0 Å². The summed E-state index contributed by atoms with van der Waals surface area (Å²) < 4.78 is 1.09. The molecule has 5 nitrogen and oxygen atoms in total. The van der Waals surface area contributed by atoms with Gasteiger partial charge in [-0.3, -0.25) is 19.5 Å². The van der Waals surface area contributed by atoms with Gasteiger partial charge in [0, 0.05) is 14.8 Å². The standard InChI is InChI=1S/C18H13ClIN3O2S/c1-10-8-12(20)4-7-15(10)21-9-14-16(24)22-18(26)23(17(14)25)13-5-2-11(19)3-6-13/h2-9,14H,1H3,(H,22,24,26)/t14-/m0/s1. The molecule has 2 aromatic carbocycles. The molecule has 2 amide bonds. The normalized spacial score (nSPS) is 17.7. The number of aryl methyl sites for hydroxylation is 1. The molecule has 132 valence electrons. The van der Waals surface area contributed by atoms with E-state index < -0.39 is 17.7 Å². The van der Waals surface area contributed by atoms with Gasteiger partial charge in [0.25, 0.3) is 5.91 Å². The van der Waals surface area contributed by atoms with Crippen molar-refractivity contribution in [3.63, 3.8) is 0 Å². The average molecular weight is 498 g/mol. The number of hydrogen-bond acceptors (Lipinski definition) is 4. The molecule has 0 radical (unpaired) electrons. The second kappa shape index (κ2) is 7.81. The van der Waals surface area contributed by atoms with Crippen LogP contribution in [-0.2, 0) is 9.59 Å². The molecule has 0 spiro atoms. The molecule has 1 N–H and O–H groups in total. The maximum absolute atomic E-state index is 12.8. The number of amides is 2. The van der Waals surface area contributed by atoms with Crippen LogP contribution in [0.15, 0.2) is 47.5 Å². The number of anilines is 1. The minimum Gasteiger partial charge on any atom is -0.301 e. The average Bonchev–Trinajstić information content (AvgIpc) is 2.57. The summed E-state index contributed by atoms with van der Waals surface area (Å²) in [6, 6.07) is 12.4. The molecule has 0 aliphatic carbocycles. The minimum atomic E-state index is -1.06. The molecule has 0 aromatic heterocycles. The van der Waals surface area contributed by atoms with E-state index in [1.54, 1.807) is 24.3 Å². The van der Waals surface area contributed by atoms with E-state index in [0.29, 0.717) is 16.4 Å². The number of thiocarbonyl (C=S) groups is 1. The zero-order valence-corrected chi connectivity index (χ0v) is 17.3. The van der Waals surface area contributed by atoms with Crippen molar-refractivity contribution >= 4 is 80.9 Å². The van der Waals surface area contributed by atoms with E-state index in [9.17, 15) is 9.59 Å². The summed E-state index contributed by atoms with van der Waals surface area (Å²) in [5.74, 6) is -2.00. The molecule has 2 aromatic rings. The largest absolute Gasteiger partial charge is 0.301 e. The highest BCUT2D eigenvalue weighted by molar-refractivity contribution is 14.1. The molecule has 1 heterocycles. The van der Waals surface area contributed by atoms with Gasteiger partial charge in [-0.2, -0.15) is 0 Å². The van der Waals surface area contributed by atoms with Crippen molar-refractivity contribution in [3.05, 3.63) is 56.6 Å². The second-order valence-corrected chi connectivity index (χ2v) is 7.70. The summed E-state index contributed by atoms with van der Waals surface area (Å²) in [5, 5.41) is 3.14. The summed E-state index contributed by atoms with van der Waals surface area (Å²) in [6.07, 6.45) is 1.36. The van der Waals surface area contributed by atoms with Gasteiger partial charge in [-0.1, -0.05) is 11.6 Å². The van der Waals surface area contributed by atoms with E-state index in [2.05, 4.69) is 32.9 Å². The first-order chi connectivity index (χ1) is 12.4. The van der Waals surface area contributed by atoms with Crippen LogP contribution in [0.3, 0.4) is 0 Å². The van der Waals surface area contributed by atoms with Gasteiger partial charge in [0.15, 0.2) is 11.0 Å². The van der Waals surface area contributed by atoms with Gasteiger partial charge in [-0.15, -0.1) is 0 Å². The van der Waals surface area contributed by atoms with Crippen LogP contribution in [0, 0.1) is 16.4 Å². The number of carbonyl (C=O) groups is 2. The van der Waals surface area contributed by atoms with E-state index in [4.69, 9.17) is 23.8 Å². The van der Waals surface area contributed by atoms with Crippen LogP contribution in [0.4, 0.5) is 11.4 Å². The van der Waals surface area contributed by atoms with Crippen molar-refractivity contribution < 1.29 is 9.59 Å². The highest BCUT2D eigenvalue weighted by atomic mass is 127. The first-order valence-electron chi connectivity index (χ1n) is 7.61. The Morgan fingerprint density at radius 1 is 1.23 bits per heavy atom. The highest BCUT2D eigenvalue weighted by Gasteiger charge is 2.38. The SMILES string of the molecule is Cc1cc(I)ccc1N=C[C@H]1C(=O)NC(=S)N(c2ccc(Cl)cc2)C1=O. The first-order valence-corrected chi connectivity index (χ1v) is 9.48. The Hall–Kier alpha value is -1.84. The lowest BCUT2D eigenvalue weighted by atomic mass is 10.1. The van der Waals surface area contributed by atoms with Crippen LogP contribution in [0.2, 0.25) is 5.02 Å². The van der Waals surface area contributed by atoms with Crippen LogP contribution < -0.4 is 10.2 Å². The van der Waals surface area contributed by atoms with Crippen LogP contribution in [0.25, 0.3) is 0 Å². The molecular formula is C18H13ClIN3O2S. The first kappa shape index (κ1) is 18.9. The van der Waals surface area contributed by atoms with Gasteiger partial charge in [0.05, 0.1) is 11.4 Å². The monoisotopic (exact) mass is 497 g/mol. The minimum absolute atomic E-state index is 0.0393. The molecule has 0 unspecified atom stereocenters. The Bertz CT molecular complexity index is 931. The van der Waals surface area contributed by atoms with Crippen LogP contribution in [0.5, 0.6) is 0 Å². The molecule has 1 fully saturated rings. The molecule has 26 heavy (non-hydrogen) atoms. The summed E-state index contributed by atoms with van der Waals surface area (Å²) in [5.41, 5.74) is 2.20. The van der Waals surface area contributed by atoms with E-state index in [-0.39, 0.29) is 5.11 Å². The Labute approximate surface area is 174 Å². The predicted octanol–water partition coefficient (Wildman–Crippen LogP) is 4.02. The third-order valence-electron chi connectivity index (χ3n) is 3.81. The van der Waals surface area contributed by atoms with Crippen molar-refractivity contribution in [2.75, 3.05) is 4.90 Å². The van der Waals surface area contributed by atoms with E-state index in [1.807, 2.05) is 25.1 Å². The Kier molecular flexibility index (Phi) is 5.69. The van der Waals surface area contributed by atoms with Crippen LogP contribution >= 0.6 is 46.4 Å². The van der Waals surface area contributed by atoms with Gasteiger partial charge < -0.3 is 5.32 Å². The number of nitrogens with zero attached hydrogens (tertiary/aromatic N) is 2.